The molecule has 0 heterocycles. The van der Waals surface area contributed by atoms with Crippen molar-refractivity contribution in [3.63, 3.8) is 0 Å². The lowest BCUT2D eigenvalue weighted by molar-refractivity contribution is -0.0155. The second-order valence-corrected chi connectivity index (χ2v) is 8.30. The van der Waals surface area contributed by atoms with Crippen LogP contribution in [0.1, 0.15) is 46.0 Å². The zero-order chi connectivity index (χ0) is 15.3. The molecular weight excluding hydrogens is 276 g/mol. The highest BCUT2D eigenvalue weighted by Crippen LogP contribution is 2.70. The first-order chi connectivity index (χ1) is 10.6. The number of fused-ring (bicyclic) bond motifs is 9. The maximum Gasteiger partial charge on any atom is 0.508 e. The highest BCUT2D eigenvalue weighted by molar-refractivity contribution is 5.59. The van der Waals surface area contributed by atoms with Crippen LogP contribution in [-0.4, -0.2) is 19.4 Å². The van der Waals surface area contributed by atoms with Crippen LogP contribution in [-0.2, 0) is 9.47 Å². The monoisotopic (exact) mass is 304 g/mol. The van der Waals surface area contributed by atoms with Gasteiger partial charge in [0.15, 0.2) is 0 Å². The predicted octanol–water partition coefficient (Wildman–Crippen LogP) is 4.42. The van der Waals surface area contributed by atoms with Gasteiger partial charge >= 0.3 is 6.16 Å². The Hall–Kier alpha value is -0.990. The summed E-state index contributed by atoms with van der Waals surface area (Å²) in [7, 11) is 0. The molecule has 0 amide bonds. The second kappa shape index (κ2) is 5.28. The molecule has 0 spiro atoms. The minimum absolute atomic E-state index is 0.175. The van der Waals surface area contributed by atoms with Crippen LogP contribution < -0.4 is 0 Å². The lowest BCUT2D eigenvalue weighted by Gasteiger charge is -2.43. The van der Waals surface area contributed by atoms with Gasteiger partial charge < -0.3 is 9.47 Å². The van der Waals surface area contributed by atoms with Gasteiger partial charge in [0.1, 0.15) is 6.61 Å². The molecule has 3 fully saturated rings. The van der Waals surface area contributed by atoms with Crippen LogP contribution >= 0.6 is 0 Å². The van der Waals surface area contributed by atoms with Gasteiger partial charge in [-0.1, -0.05) is 32.4 Å². The molecule has 0 aliphatic heterocycles. The molecule has 4 aliphatic rings. The van der Waals surface area contributed by atoms with E-state index in [2.05, 4.69) is 26.0 Å². The number of hydrogen-bond acceptors (Lipinski definition) is 3. The molecule has 0 aromatic rings. The topological polar surface area (TPSA) is 35.5 Å². The van der Waals surface area contributed by atoms with Crippen molar-refractivity contribution >= 4 is 6.16 Å². The SMILES string of the molecule is CCCCOC(=O)OCC1(C)CC2CC1C1C3C=CC(C3)C21. The number of hydrogen-bond donors (Lipinski definition) is 0. The van der Waals surface area contributed by atoms with E-state index >= 15 is 0 Å². The third-order valence-corrected chi connectivity index (χ3v) is 7.01. The van der Waals surface area contributed by atoms with Gasteiger partial charge in [-0.2, -0.15) is 0 Å². The van der Waals surface area contributed by atoms with Gasteiger partial charge in [0, 0.05) is 5.41 Å². The number of rotatable bonds is 5. The van der Waals surface area contributed by atoms with E-state index in [0.717, 1.165) is 48.3 Å². The maximum absolute atomic E-state index is 11.7. The van der Waals surface area contributed by atoms with E-state index in [4.69, 9.17) is 9.47 Å². The van der Waals surface area contributed by atoms with Crippen LogP contribution in [0.25, 0.3) is 0 Å². The largest absolute Gasteiger partial charge is 0.508 e. The average molecular weight is 304 g/mol. The highest BCUT2D eigenvalue weighted by atomic mass is 16.7. The average Bonchev–Trinajstić information content (AvgIpc) is 3.23. The molecule has 0 saturated heterocycles. The van der Waals surface area contributed by atoms with Crippen LogP contribution in [0.2, 0.25) is 0 Å². The Morgan fingerprint density at radius 2 is 1.95 bits per heavy atom. The third-order valence-electron chi connectivity index (χ3n) is 7.01. The molecule has 7 unspecified atom stereocenters. The van der Waals surface area contributed by atoms with Gasteiger partial charge in [0.25, 0.3) is 0 Å². The molecule has 3 heteroatoms. The number of ether oxygens (including phenoxy) is 2. The molecule has 0 aromatic carbocycles. The third kappa shape index (κ3) is 2.11. The molecule has 0 radical (unpaired) electrons. The Kier molecular flexibility index (Phi) is 3.50. The Morgan fingerprint density at radius 1 is 1.18 bits per heavy atom. The zero-order valence-corrected chi connectivity index (χ0v) is 13.8. The first kappa shape index (κ1) is 14.6. The normalized spacial score (nSPS) is 47.0. The highest BCUT2D eigenvalue weighted by Gasteiger charge is 2.64. The molecule has 3 nitrogen and oxygen atoms in total. The molecule has 0 aromatic heterocycles. The molecular formula is C19H28O3. The summed E-state index contributed by atoms with van der Waals surface area (Å²) in [5.74, 6) is 5.06. The molecule has 4 rings (SSSR count). The standard InChI is InChI=1S/C19H28O3/c1-3-4-7-21-18(20)22-11-19(2)10-14-9-15(19)17-13-6-5-12(8-13)16(14)17/h5-6,12-17H,3-4,7-11H2,1-2H3. The van der Waals surface area contributed by atoms with Gasteiger partial charge in [-0.05, 0) is 61.2 Å². The minimum atomic E-state index is -0.471. The van der Waals surface area contributed by atoms with Gasteiger partial charge in [-0.25, -0.2) is 4.79 Å². The Labute approximate surface area is 133 Å². The molecule has 0 N–H and O–H groups in total. The van der Waals surface area contributed by atoms with E-state index in [9.17, 15) is 4.79 Å². The van der Waals surface area contributed by atoms with Gasteiger partial charge in [0.2, 0.25) is 0 Å². The number of unbranched alkanes of at least 4 members (excludes halogenated alkanes) is 1. The lowest BCUT2D eigenvalue weighted by atomic mass is 9.63. The molecule has 4 aliphatic carbocycles. The Balaban J connectivity index is 1.35. The maximum atomic E-state index is 11.7. The van der Waals surface area contributed by atoms with Crippen LogP contribution in [0.3, 0.4) is 0 Å². The molecule has 7 atom stereocenters. The number of carbonyl (C=O) groups is 1. The molecule has 22 heavy (non-hydrogen) atoms. The van der Waals surface area contributed by atoms with E-state index in [1.165, 1.54) is 19.3 Å². The van der Waals surface area contributed by atoms with Crippen molar-refractivity contribution < 1.29 is 14.3 Å². The van der Waals surface area contributed by atoms with E-state index in [1.807, 2.05) is 0 Å². The first-order valence-corrected chi connectivity index (χ1v) is 9.10. The predicted molar refractivity (Wildman–Crippen MR) is 84.2 cm³/mol. The van der Waals surface area contributed by atoms with Crippen molar-refractivity contribution in [1.29, 1.82) is 0 Å². The van der Waals surface area contributed by atoms with Gasteiger partial charge in [-0.15, -0.1) is 0 Å². The first-order valence-electron chi connectivity index (χ1n) is 9.10. The van der Waals surface area contributed by atoms with Crippen LogP contribution in [0.5, 0.6) is 0 Å². The summed E-state index contributed by atoms with van der Waals surface area (Å²) in [6, 6.07) is 0. The Morgan fingerprint density at radius 3 is 2.73 bits per heavy atom. The fourth-order valence-corrected chi connectivity index (χ4v) is 6.22. The van der Waals surface area contributed by atoms with Crippen molar-refractivity contribution in [1.82, 2.24) is 0 Å². The van der Waals surface area contributed by atoms with Crippen molar-refractivity contribution in [2.24, 2.45) is 40.9 Å². The minimum Gasteiger partial charge on any atom is -0.434 e. The zero-order valence-electron chi connectivity index (χ0n) is 13.8. The smallest absolute Gasteiger partial charge is 0.434 e. The van der Waals surface area contributed by atoms with Crippen molar-refractivity contribution in [2.75, 3.05) is 13.2 Å². The summed E-state index contributed by atoms with van der Waals surface area (Å²) in [5.41, 5.74) is 0.175. The van der Waals surface area contributed by atoms with Crippen LogP contribution in [0.15, 0.2) is 12.2 Å². The second-order valence-electron chi connectivity index (χ2n) is 8.30. The van der Waals surface area contributed by atoms with E-state index in [-0.39, 0.29) is 5.41 Å². The van der Waals surface area contributed by atoms with Crippen molar-refractivity contribution in [2.45, 2.75) is 46.0 Å². The summed E-state index contributed by atoms with van der Waals surface area (Å²) in [6.07, 6.45) is 10.4. The van der Waals surface area contributed by atoms with E-state index in [1.54, 1.807) is 0 Å². The number of allylic oxidation sites excluding steroid dienone is 2. The van der Waals surface area contributed by atoms with E-state index < -0.39 is 6.16 Å². The van der Waals surface area contributed by atoms with Gasteiger partial charge in [-0.3, -0.25) is 0 Å². The summed E-state index contributed by atoms with van der Waals surface area (Å²) in [5, 5.41) is 0. The molecule has 122 valence electrons. The summed E-state index contributed by atoms with van der Waals surface area (Å²) < 4.78 is 10.6. The Bertz CT molecular complexity index is 485. The number of carbonyl (C=O) groups excluding carboxylic acids is 1. The lowest BCUT2D eigenvalue weighted by Crippen LogP contribution is -2.40. The van der Waals surface area contributed by atoms with Crippen LogP contribution in [0.4, 0.5) is 4.79 Å². The summed E-state index contributed by atoms with van der Waals surface area (Å²) in [4.78, 5) is 11.7. The fraction of sp³-hybridized carbons (Fsp3) is 0.842. The molecule has 4 bridgehead atoms. The summed E-state index contributed by atoms with van der Waals surface area (Å²) >= 11 is 0. The quantitative estimate of drug-likeness (QED) is 0.326. The van der Waals surface area contributed by atoms with E-state index in [0.29, 0.717) is 13.2 Å². The van der Waals surface area contributed by atoms with Crippen molar-refractivity contribution in [3.8, 4) is 0 Å². The molecule has 3 saturated carbocycles. The summed E-state index contributed by atoms with van der Waals surface area (Å²) in [6.45, 7) is 5.45. The van der Waals surface area contributed by atoms with Crippen LogP contribution in [0, 0.1) is 40.9 Å². The van der Waals surface area contributed by atoms with Crippen molar-refractivity contribution in [3.05, 3.63) is 12.2 Å². The van der Waals surface area contributed by atoms with Gasteiger partial charge in [0.05, 0.1) is 6.61 Å². The fourth-order valence-electron chi connectivity index (χ4n) is 6.22.